The molecule has 136 valence electrons. The van der Waals surface area contributed by atoms with Crippen LogP contribution in [0.2, 0.25) is 0 Å². The minimum absolute atomic E-state index is 0.129. The number of aryl methyl sites for hydroxylation is 1. The Hall–Kier alpha value is -3.53. The Labute approximate surface area is 159 Å². The number of carbonyl (C=O) groups excluding carboxylic acids is 1. The summed E-state index contributed by atoms with van der Waals surface area (Å²) in [7, 11) is 0. The van der Waals surface area contributed by atoms with E-state index in [1.165, 1.54) is 0 Å². The Bertz CT molecular complexity index is 987. The third kappa shape index (κ3) is 4.55. The van der Waals surface area contributed by atoms with Crippen LogP contribution < -0.4 is 16.8 Å². The summed E-state index contributed by atoms with van der Waals surface area (Å²) in [5.41, 5.74) is 18.4. The third-order valence-corrected chi connectivity index (χ3v) is 4.40. The van der Waals surface area contributed by atoms with Crippen LogP contribution in [-0.2, 0) is 4.79 Å². The van der Waals surface area contributed by atoms with Crippen molar-refractivity contribution in [2.45, 2.75) is 13.8 Å². The van der Waals surface area contributed by atoms with E-state index in [4.69, 9.17) is 11.5 Å². The number of nitrogens with one attached hydrogen (secondary N) is 1. The van der Waals surface area contributed by atoms with Crippen LogP contribution >= 0.6 is 0 Å². The lowest BCUT2D eigenvalue weighted by atomic mass is 10.0. The van der Waals surface area contributed by atoms with Crippen LogP contribution in [-0.4, -0.2) is 5.91 Å². The first-order valence-corrected chi connectivity index (χ1v) is 8.74. The van der Waals surface area contributed by atoms with Crippen LogP contribution in [0.5, 0.6) is 0 Å². The van der Waals surface area contributed by atoms with Crippen molar-refractivity contribution < 1.29 is 4.79 Å². The molecular formula is C23H23N3O. The number of hydrogen-bond acceptors (Lipinski definition) is 3. The summed E-state index contributed by atoms with van der Waals surface area (Å²) in [5.74, 6) is -0.129. The van der Waals surface area contributed by atoms with Crippen molar-refractivity contribution in [1.82, 2.24) is 0 Å². The SMILES string of the molecule is C/C(=C\c1ccc(N)cc1)C(=O)Nc1ccc(-c2ccc(N)cc2)cc1C. The van der Waals surface area contributed by atoms with Gasteiger partial charge in [-0.2, -0.15) is 0 Å². The largest absolute Gasteiger partial charge is 0.399 e. The molecule has 4 nitrogen and oxygen atoms in total. The predicted octanol–water partition coefficient (Wildman–Crippen LogP) is 4.87. The van der Waals surface area contributed by atoms with Gasteiger partial charge in [-0.05, 0) is 78.6 Å². The van der Waals surface area contributed by atoms with Gasteiger partial charge in [0, 0.05) is 22.6 Å². The fourth-order valence-electron chi connectivity index (χ4n) is 2.79. The summed E-state index contributed by atoms with van der Waals surface area (Å²) in [5, 5.41) is 2.98. The predicted molar refractivity (Wildman–Crippen MR) is 114 cm³/mol. The second-order valence-corrected chi connectivity index (χ2v) is 6.60. The van der Waals surface area contributed by atoms with Crippen molar-refractivity contribution >= 4 is 29.0 Å². The summed E-state index contributed by atoms with van der Waals surface area (Å²) in [6.45, 7) is 3.78. The smallest absolute Gasteiger partial charge is 0.251 e. The number of carbonyl (C=O) groups is 1. The molecule has 0 saturated heterocycles. The maximum atomic E-state index is 12.5. The van der Waals surface area contributed by atoms with E-state index >= 15 is 0 Å². The summed E-state index contributed by atoms with van der Waals surface area (Å²) < 4.78 is 0. The zero-order valence-electron chi connectivity index (χ0n) is 15.5. The van der Waals surface area contributed by atoms with Gasteiger partial charge in [0.05, 0.1) is 0 Å². The number of benzene rings is 3. The molecule has 0 unspecified atom stereocenters. The zero-order valence-corrected chi connectivity index (χ0v) is 15.5. The van der Waals surface area contributed by atoms with Crippen LogP contribution in [0, 0.1) is 6.92 Å². The molecule has 0 aliphatic rings. The molecule has 3 aromatic carbocycles. The molecule has 0 saturated carbocycles. The van der Waals surface area contributed by atoms with Crippen LogP contribution in [0.15, 0.2) is 72.3 Å². The lowest BCUT2D eigenvalue weighted by Gasteiger charge is -2.11. The van der Waals surface area contributed by atoms with Crippen LogP contribution in [0.4, 0.5) is 17.1 Å². The average Bonchev–Trinajstić information content (AvgIpc) is 2.65. The first-order chi connectivity index (χ1) is 12.9. The number of rotatable bonds is 4. The molecule has 3 aromatic rings. The Morgan fingerprint density at radius 3 is 2.00 bits per heavy atom. The van der Waals surface area contributed by atoms with Crippen molar-refractivity contribution in [1.29, 1.82) is 0 Å². The van der Waals surface area contributed by atoms with Gasteiger partial charge in [0.25, 0.3) is 5.91 Å². The van der Waals surface area contributed by atoms with Gasteiger partial charge in [-0.15, -0.1) is 0 Å². The minimum atomic E-state index is -0.129. The number of amides is 1. The summed E-state index contributed by atoms with van der Waals surface area (Å²) in [6.07, 6.45) is 1.84. The molecule has 5 N–H and O–H groups in total. The fourth-order valence-corrected chi connectivity index (χ4v) is 2.79. The van der Waals surface area contributed by atoms with Gasteiger partial charge in [0.15, 0.2) is 0 Å². The summed E-state index contributed by atoms with van der Waals surface area (Å²) in [4.78, 5) is 12.5. The molecule has 0 aromatic heterocycles. The van der Waals surface area contributed by atoms with Crippen LogP contribution in [0.25, 0.3) is 17.2 Å². The van der Waals surface area contributed by atoms with Gasteiger partial charge >= 0.3 is 0 Å². The normalized spacial score (nSPS) is 11.3. The quantitative estimate of drug-likeness (QED) is 0.460. The van der Waals surface area contributed by atoms with E-state index in [2.05, 4.69) is 11.4 Å². The Morgan fingerprint density at radius 2 is 1.41 bits per heavy atom. The van der Waals surface area contributed by atoms with Crippen molar-refractivity contribution in [2.24, 2.45) is 0 Å². The lowest BCUT2D eigenvalue weighted by Crippen LogP contribution is -2.13. The van der Waals surface area contributed by atoms with E-state index < -0.39 is 0 Å². The first kappa shape index (κ1) is 18.3. The number of nitrogens with two attached hydrogens (primary N) is 2. The van der Waals surface area contributed by atoms with Gasteiger partial charge in [-0.1, -0.05) is 30.3 Å². The topological polar surface area (TPSA) is 81.1 Å². The highest BCUT2D eigenvalue weighted by Crippen LogP contribution is 2.26. The molecule has 0 aliphatic heterocycles. The molecule has 0 spiro atoms. The monoisotopic (exact) mass is 357 g/mol. The molecule has 0 fully saturated rings. The second-order valence-electron chi connectivity index (χ2n) is 6.60. The van der Waals surface area contributed by atoms with Gasteiger partial charge in [0.2, 0.25) is 0 Å². The first-order valence-electron chi connectivity index (χ1n) is 8.74. The summed E-state index contributed by atoms with van der Waals surface area (Å²) >= 11 is 0. The fraction of sp³-hybridized carbons (Fsp3) is 0.0870. The maximum Gasteiger partial charge on any atom is 0.251 e. The number of hydrogen-bond donors (Lipinski definition) is 3. The van der Waals surface area contributed by atoms with Crippen LogP contribution in [0.3, 0.4) is 0 Å². The molecule has 4 heteroatoms. The average molecular weight is 357 g/mol. The third-order valence-electron chi connectivity index (χ3n) is 4.40. The second kappa shape index (κ2) is 7.79. The Balaban J connectivity index is 1.75. The molecule has 27 heavy (non-hydrogen) atoms. The molecular weight excluding hydrogens is 334 g/mol. The Kier molecular flexibility index (Phi) is 5.27. The van der Waals surface area contributed by atoms with E-state index in [1.807, 2.05) is 73.7 Å². The van der Waals surface area contributed by atoms with Crippen molar-refractivity contribution in [3.63, 3.8) is 0 Å². The van der Waals surface area contributed by atoms with Crippen molar-refractivity contribution in [2.75, 3.05) is 16.8 Å². The van der Waals surface area contributed by atoms with E-state index in [9.17, 15) is 4.79 Å². The van der Waals surface area contributed by atoms with E-state index in [1.54, 1.807) is 6.92 Å². The minimum Gasteiger partial charge on any atom is -0.399 e. The highest BCUT2D eigenvalue weighted by Gasteiger charge is 2.08. The molecule has 0 atom stereocenters. The van der Waals surface area contributed by atoms with Gasteiger partial charge in [-0.3, -0.25) is 4.79 Å². The highest BCUT2D eigenvalue weighted by molar-refractivity contribution is 6.06. The number of nitrogen functional groups attached to an aromatic ring is 2. The Morgan fingerprint density at radius 1 is 0.852 bits per heavy atom. The molecule has 0 heterocycles. The number of anilines is 3. The van der Waals surface area contributed by atoms with E-state index in [-0.39, 0.29) is 5.91 Å². The maximum absolute atomic E-state index is 12.5. The van der Waals surface area contributed by atoms with Crippen LogP contribution in [0.1, 0.15) is 18.1 Å². The van der Waals surface area contributed by atoms with Crippen molar-refractivity contribution in [3.05, 3.63) is 83.4 Å². The van der Waals surface area contributed by atoms with Crippen molar-refractivity contribution in [3.8, 4) is 11.1 Å². The molecule has 0 radical (unpaired) electrons. The highest BCUT2D eigenvalue weighted by atomic mass is 16.1. The zero-order chi connectivity index (χ0) is 19.4. The van der Waals surface area contributed by atoms with E-state index in [0.717, 1.165) is 33.6 Å². The molecule has 3 rings (SSSR count). The molecule has 0 bridgehead atoms. The summed E-state index contributed by atoms with van der Waals surface area (Å²) in [6, 6.07) is 21.1. The van der Waals surface area contributed by atoms with Gasteiger partial charge in [0.1, 0.15) is 0 Å². The molecule has 1 amide bonds. The van der Waals surface area contributed by atoms with Gasteiger partial charge in [-0.25, -0.2) is 0 Å². The van der Waals surface area contributed by atoms with E-state index in [0.29, 0.717) is 11.3 Å². The molecule has 0 aliphatic carbocycles. The van der Waals surface area contributed by atoms with Gasteiger partial charge < -0.3 is 16.8 Å². The lowest BCUT2D eigenvalue weighted by molar-refractivity contribution is -0.112. The standard InChI is InChI=1S/C23H23N3O/c1-15-14-19(18-5-10-21(25)11-6-18)7-12-22(15)26-23(27)16(2)13-17-3-8-20(24)9-4-17/h3-14H,24-25H2,1-2H3,(H,26,27)/b16-13+.